The van der Waals surface area contributed by atoms with Crippen LogP contribution in [0, 0.1) is 11.8 Å². The summed E-state index contributed by atoms with van der Waals surface area (Å²) in [6.45, 7) is 8.11. The van der Waals surface area contributed by atoms with Gasteiger partial charge in [0.1, 0.15) is 18.1 Å². The number of guanidine groups is 1. The maximum atomic E-state index is 12.6. The van der Waals surface area contributed by atoms with E-state index in [1.807, 2.05) is 0 Å². The summed E-state index contributed by atoms with van der Waals surface area (Å²) in [5, 5.41) is 16.7. The van der Waals surface area contributed by atoms with Gasteiger partial charge in [-0.25, -0.2) is 4.79 Å². The Morgan fingerprint density at radius 2 is 1.39 bits per heavy atom. The molecule has 0 aliphatic rings. The van der Waals surface area contributed by atoms with E-state index in [9.17, 15) is 24.3 Å². The number of carboxylic acids is 1. The van der Waals surface area contributed by atoms with E-state index in [4.69, 9.17) is 11.5 Å². The third-order valence-corrected chi connectivity index (χ3v) is 3.88. The second kappa shape index (κ2) is 11.8. The average Bonchev–Trinajstić information content (AvgIpc) is 2.54. The molecule has 3 amide bonds. The fourth-order valence-corrected chi connectivity index (χ4v) is 2.38. The maximum Gasteiger partial charge on any atom is 0.326 e. The Balaban J connectivity index is 5.26. The number of aliphatic carboxylic acids is 1. The molecule has 0 aromatic heterocycles. The van der Waals surface area contributed by atoms with E-state index >= 15 is 0 Å². The molecule has 160 valence electrons. The molecule has 0 bridgehead atoms. The number of rotatable bonds is 11. The van der Waals surface area contributed by atoms with Gasteiger partial charge in [0.25, 0.3) is 0 Å². The summed E-state index contributed by atoms with van der Waals surface area (Å²) in [5.74, 6) is -3.60. The van der Waals surface area contributed by atoms with Crippen molar-refractivity contribution in [1.82, 2.24) is 16.0 Å². The van der Waals surface area contributed by atoms with E-state index in [0.717, 1.165) is 0 Å². The number of nitrogens with zero attached hydrogens (tertiary/aromatic N) is 1. The standard InChI is InChI=1S/C17H32N6O5/c1-8(2)12(15(26)23-13(9(3)4)16(27)28)22-14(25)11(21-10(5)24)6-7-20-17(18)19/h8-9,11-13H,6-7H2,1-5H3,(H,21,24)(H,22,25)(H,23,26)(H,27,28)(H4,18,19,20). The van der Waals surface area contributed by atoms with Crippen molar-refractivity contribution in [2.24, 2.45) is 28.3 Å². The highest BCUT2D eigenvalue weighted by Crippen LogP contribution is 2.07. The molecule has 0 aliphatic heterocycles. The van der Waals surface area contributed by atoms with Crippen LogP contribution < -0.4 is 27.4 Å². The summed E-state index contributed by atoms with van der Waals surface area (Å²) >= 11 is 0. The minimum atomic E-state index is -1.16. The Bertz CT molecular complexity index is 601. The largest absolute Gasteiger partial charge is 0.480 e. The van der Waals surface area contributed by atoms with Crippen molar-refractivity contribution in [3.8, 4) is 0 Å². The highest BCUT2D eigenvalue weighted by molar-refractivity contribution is 5.93. The smallest absolute Gasteiger partial charge is 0.326 e. The molecule has 0 spiro atoms. The van der Waals surface area contributed by atoms with Gasteiger partial charge in [0.05, 0.1) is 0 Å². The highest BCUT2D eigenvalue weighted by atomic mass is 16.4. The van der Waals surface area contributed by atoms with Crippen LogP contribution in [-0.4, -0.2) is 59.4 Å². The van der Waals surface area contributed by atoms with E-state index < -0.39 is 41.8 Å². The molecule has 8 N–H and O–H groups in total. The molecule has 11 nitrogen and oxygen atoms in total. The van der Waals surface area contributed by atoms with Gasteiger partial charge in [-0.05, 0) is 18.3 Å². The third-order valence-electron chi connectivity index (χ3n) is 3.88. The van der Waals surface area contributed by atoms with Crippen LogP contribution >= 0.6 is 0 Å². The van der Waals surface area contributed by atoms with Gasteiger partial charge in [0.15, 0.2) is 5.96 Å². The van der Waals surface area contributed by atoms with Gasteiger partial charge in [0, 0.05) is 13.5 Å². The van der Waals surface area contributed by atoms with Gasteiger partial charge in [-0.2, -0.15) is 0 Å². The molecule has 0 aromatic carbocycles. The first kappa shape index (κ1) is 25.1. The van der Waals surface area contributed by atoms with Crippen molar-refractivity contribution >= 4 is 29.7 Å². The molecule has 0 aliphatic carbocycles. The minimum Gasteiger partial charge on any atom is -0.480 e. The van der Waals surface area contributed by atoms with Gasteiger partial charge in [-0.15, -0.1) is 0 Å². The number of nitrogens with one attached hydrogen (secondary N) is 3. The number of amides is 3. The molecule has 0 saturated carbocycles. The van der Waals surface area contributed by atoms with Crippen molar-refractivity contribution in [3.63, 3.8) is 0 Å². The Labute approximate surface area is 164 Å². The normalized spacial score (nSPS) is 14.0. The van der Waals surface area contributed by atoms with E-state index in [-0.39, 0.29) is 30.8 Å². The van der Waals surface area contributed by atoms with Crippen LogP contribution in [0.4, 0.5) is 0 Å². The molecule has 0 radical (unpaired) electrons. The van der Waals surface area contributed by atoms with Gasteiger partial charge < -0.3 is 32.5 Å². The van der Waals surface area contributed by atoms with Crippen molar-refractivity contribution in [2.75, 3.05) is 6.54 Å². The first-order valence-corrected chi connectivity index (χ1v) is 9.02. The molecule has 3 atom stereocenters. The number of nitrogens with two attached hydrogens (primary N) is 2. The van der Waals surface area contributed by atoms with Gasteiger partial charge in [-0.1, -0.05) is 27.7 Å². The molecule has 0 rings (SSSR count). The van der Waals surface area contributed by atoms with Crippen LogP contribution in [0.5, 0.6) is 0 Å². The first-order chi connectivity index (χ1) is 12.9. The van der Waals surface area contributed by atoms with Crippen molar-refractivity contribution in [1.29, 1.82) is 0 Å². The molecule has 28 heavy (non-hydrogen) atoms. The van der Waals surface area contributed by atoms with Gasteiger partial charge in [-0.3, -0.25) is 19.4 Å². The zero-order valence-corrected chi connectivity index (χ0v) is 17.0. The predicted molar refractivity (Wildman–Crippen MR) is 104 cm³/mol. The zero-order valence-electron chi connectivity index (χ0n) is 17.0. The topological polar surface area (TPSA) is 189 Å². The second-order valence-corrected chi connectivity index (χ2v) is 7.15. The summed E-state index contributed by atoms with van der Waals surface area (Å²) < 4.78 is 0. The lowest BCUT2D eigenvalue weighted by atomic mass is 9.99. The van der Waals surface area contributed by atoms with E-state index in [0.29, 0.717) is 0 Å². The molecule has 0 heterocycles. The Morgan fingerprint density at radius 3 is 1.79 bits per heavy atom. The Morgan fingerprint density at radius 1 is 0.893 bits per heavy atom. The summed E-state index contributed by atoms with van der Waals surface area (Å²) in [6, 6.07) is -3.01. The summed E-state index contributed by atoms with van der Waals surface area (Å²) in [5.41, 5.74) is 10.5. The maximum absolute atomic E-state index is 12.6. The molecular weight excluding hydrogens is 368 g/mol. The molecule has 0 saturated heterocycles. The van der Waals surface area contributed by atoms with Crippen LogP contribution in [0.15, 0.2) is 4.99 Å². The van der Waals surface area contributed by atoms with Crippen LogP contribution in [0.2, 0.25) is 0 Å². The predicted octanol–water partition coefficient (Wildman–Crippen LogP) is -1.48. The highest BCUT2D eigenvalue weighted by Gasteiger charge is 2.31. The lowest BCUT2D eigenvalue weighted by molar-refractivity contribution is -0.143. The molecular formula is C17H32N6O5. The number of hydrogen-bond acceptors (Lipinski definition) is 5. The number of carbonyl (C=O) groups excluding carboxylic acids is 3. The van der Waals surface area contributed by atoms with Crippen LogP contribution in [-0.2, 0) is 19.2 Å². The average molecular weight is 400 g/mol. The van der Waals surface area contributed by atoms with Crippen LogP contribution in [0.25, 0.3) is 0 Å². The number of aliphatic imine (C=N–C) groups is 1. The van der Waals surface area contributed by atoms with E-state index in [2.05, 4.69) is 20.9 Å². The fraction of sp³-hybridized carbons (Fsp3) is 0.706. The number of carboxylic acid groups (broad SMARTS) is 1. The first-order valence-electron chi connectivity index (χ1n) is 9.02. The summed E-state index contributed by atoms with van der Waals surface area (Å²) in [4.78, 5) is 51.6. The van der Waals surface area contributed by atoms with Crippen LogP contribution in [0.3, 0.4) is 0 Å². The number of carbonyl (C=O) groups is 4. The van der Waals surface area contributed by atoms with Crippen molar-refractivity contribution in [3.05, 3.63) is 0 Å². The molecule has 11 heteroatoms. The lowest BCUT2D eigenvalue weighted by Crippen LogP contribution is -2.58. The quantitative estimate of drug-likeness (QED) is 0.180. The molecule has 0 fully saturated rings. The second-order valence-electron chi connectivity index (χ2n) is 7.15. The van der Waals surface area contributed by atoms with Gasteiger partial charge in [0.2, 0.25) is 17.7 Å². The van der Waals surface area contributed by atoms with Crippen molar-refractivity contribution in [2.45, 2.75) is 59.2 Å². The zero-order chi connectivity index (χ0) is 22.0. The Kier molecular flexibility index (Phi) is 10.6. The molecule has 0 aromatic rings. The Hall–Kier alpha value is -2.85. The number of hydrogen-bond donors (Lipinski definition) is 6. The SMILES string of the molecule is CC(=O)NC(CCN=C(N)N)C(=O)NC(C(=O)NC(C(=O)O)C(C)C)C(C)C. The van der Waals surface area contributed by atoms with Gasteiger partial charge >= 0.3 is 5.97 Å². The van der Waals surface area contributed by atoms with E-state index in [1.54, 1.807) is 27.7 Å². The third kappa shape index (κ3) is 9.19. The monoisotopic (exact) mass is 400 g/mol. The summed E-state index contributed by atoms with van der Waals surface area (Å²) in [7, 11) is 0. The minimum absolute atomic E-state index is 0.105. The van der Waals surface area contributed by atoms with Crippen molar-refractivity contribution < 1.29 is 24.3 Å². The van der Waals surface area contributed by atoms with Crippen LogP contribution in [0.1, 0.15) is 41.0 Å². The molecule has 3 unspecified atom stereocenters. The summed E-state index contributed by atoms with van der Waals surface area (Å²) in [6.07, 6.45) is 0.124. The fourth-order valence-electron chi connectivity index (χ4n) is 2.38. The lowest BCUT2D eigenvalue weighted by Gasteiger charge is -2.27. The van der Waals surface area contributed by atoms with E-state index in [1.165, 1.54) is 6.92 Å².